The van der Waals surface area contributed by atoms with E-state index in [1.54, 1.807) is 0 Å². The first kappa shape index (κ1) is 15.9. The molecule has 1 heterocycles. The zero-order valence-electron chi connectivity index (χ0n) is 11.1. The average molecular weight is 291 g/mol. The van der Waals surface area contributed by atoms with Crippen molar-refractivity contribution in [3.05, 3.63) is 0 Å². The van der Waals surface area contributed by atoms with E-state index in [1.165, 1.54) is 0 Å². The molecule has 1 saturated heterocycles. The van der Waals surface area contributed by atoms with Crippen molar-refractivity contribution in [1.29, 1.82) is 0 Å². The van der Waals surface area contributed by atoms with Crippen molar-refractivity contribution < 1.29 is 23.1 Å². The number of aliphatic carboxylic acids is 1. The fourth-order valence-corrected chi connectivity index (χ4v) is 4.13. The summed E-state index contributed by atoms with van der Waals surface area (Å²) in [7, 11) is -2.97. The van der Waals surface area contributed by atoms with Gasteiger partial charge in [-0.2, -0.15) is 0 Å². The molecule has 2 N–H and O–H groups in total. The van der Waals surface area contributed by atoms with Crippen molar-refractivity contribution in [2.75, 3.05) is 18.1 Å². The van der Waals surface area contributed by atoms with E-state index in [0.29, 0.717) is 12.8 Å². The molecule has 0 aromatic carbocycles. The third kappa shape index (κ3) is 5.59. The molecule has 7 heteroatoms. The normalized spacial score (nSPS) is 22.9. The van der Waals surface area contributed by atoms with Gasteiger partial charge in [-0.25, -0.2) is 8.42 Å². The number of sulfone groups is 1. The Hall–Kier alpha value is -1.11. The Morgan fingerprint density at radius 3 is 2.58 bits per heavy atom. The first-order valence-electron chi connectivity index (χ1n) is 6.54. The number of hydrogen-bond donors (Lipinski definition) is 2. The van der Waals surface area contributed by atoms with Gasteiger partial charge in [0, 0.05) is 13.0 Å². The minimum atomic E-state index is -2.97. The molecule has 0 aliphatic carbocycles. The van der Waals surface area contributed by atoms with Crippen LogP contribution in [-0.2, 0) is 19.4 Å². The number of nitrogens with one attached hydrogen (secondary N) is 1. The van der Waals surface area contributed by atoms with Crippen molar-refractivity contribution in [1.82, 2.24) is 5.32 Å². The van der Waals surface area contributed by atoms with E-state index in [1.807, 2.05) is 6.92 Å². The molecule has 19 heavy (non-hydrogen) atoms. The second-order valence-electron chi connectivity index (χ2n) is 5.10. The molecule has 110 valence electrons. The van der Waals surface area contributed by atoms with Crippen LogP contribution in [0.4, 0.5) is 0 Å². The first-order valence-corrected chi connectivity index (χ1v) is 8.36. The van der Waals surface area contributed by atoms with Crippen LogP contribution in [0, 0.1) is 11.8 Å². The second kappa shape index (κ2) is 6.88. The molecule has 0 aromatic rings. The molecule has 0 bridgehead atoms. The molecule has 2 unspecified atom stereocenters. The van der Waals surface area contributed by atoms with Crippen LogP contribution < -0.4 is 5.32 Å². The standard InChI is InChI=1S/C12H21NO5S/c1-2-3-10(12(15)16)7-13-11(14)6-9-4-5-19(17,18)8-9/h9-10H,2-8H2,1H3,(H,13,14)(H,15,16). The molecule has 0 saturated carbocycles. The third-order valence-corrected chi connectivity index (χ3v) is 5.17. The van der Waals surface area contributed by atoms with Crippen LogP contribution in [0.5, 0.6) is 0 Å². The van der Waals surface area contributed by atoms with Gasteiger partial charge in [-0.15, -0.1) is 0 Å². The van der Waals surface area contributed by atoms with Crippen molar-refractivity contribution in [2.24, 2.45) is 11.8 Å². The molecule has 1 aliphatic rings. The molecular formula is C12H21NO5S. The van der Waals surface area contributed by atoms with E-state index >= 15 is 0 Å². The fourth-order valence-electron chi connectivity index (χ4n) is 2.27. The molecular weight excluding hydrogens is 270 g/mol. The highest BCUT2D eigenvalue weighted by atomic mass is 32.2. The van der Waals surface area contributed by atoms with E-state index in [4.69, 9.17) is 5.11 Å². The summed E-state index contributed by atoms with van der Waals surface area (Å²) in [6.45, 7) is 2.00. The summed E-state index contributed by atoms with van der Waals surface area (Å²) in [4.78, 5) is 22.5. The van der Waals surface area contributed by atoms with Gasteiger partial charge in [0.2, 0.25) is 5.91 Å². The van der Waals surface area contributed by atoms with Crippen molar-refractivity contribution in [3.8, 4) is 0 Å². The van der Waals surface area contributed by atoms with E-state index in [2.05, 4.69) is 5.32 Å². The molecule has 1 amide bonds. The number of hydrogen-bond acceptors (Lipinski definition) is 4. The molecule has 2 atom stereocenters. The van der Waals surface area contributed by atoms with Gasteiger partial charge in [0.25, 0.3) is 0 Å². The highest BCUT2D eigenvalue weighted by Gasteiger charge is 2.29. The Kier molecular flexibility index (Phi) is 5.78. The molecule has 1 aliphatic heterocycles. The van der Waals surface area contributed by atoms with Crippen LogP contribution in [-0.4, -0.2) is 43.5 Å². The highest BCUT2D eigenvalue weighted by Crippen LogP contribution is 2.21. The maximum atomic E-state index is 11.6. The van der Waals surface area contributed by atoms with Gasteiger partial charge in [-0.1, -0.05) is 13.3 Å². The summed E-state index contributed by atoms with van der Waals surface area (Å²) in [5.74, 6) is -1.65. The Bertz CT molecular complexity index is 431. The van der Waals surface area contributed by atoms with Gasteiger partial charge in [-0.3, -0.25) is 9.59 Å². The minimum Gasteiger partial charge on any atom is -0.481 e. The number of carboxylic acids is 1. The summed E-state index contributed by atoms with van der Waals surface area (Å²) in [5.41, 5.74) is 0. The van der Waals surface area contributed by atoms with Crippen LogP contribution in [0.3, 0.4) is 0 Å². The monoisotopic (exact) mass is 291 g/mol. The maximum absolute atomic E-state index is 11.6. The van der Waals surface area contributed by atoms with E-state index in [-0.39, 0.29) is 36.3 Å². The van der Waals surface area contributed by atoms with Crippen LogP contribution >= 0.6 is 0 Å². The molecule has 6 nitrogen and oxygen atoms in total. The first-order chi connectivity index (χ1) is 8.84. The lowest BCUT2D eigenvalue weighted by atomic mass is 10.0. The topological polar surface area (TPSA) is 101 Å². The molecule has 0 radical (unpaired) electrons. The summed E-state index contributed by atoms with van der Waals surface area (Å²) >= 11 is 0. The minimum absolute atomic E-state index is 0.0672. The number of carbonyl (C=O) groups is 2. The SMILES string of the molecule is CCCC(CNC(=O)CC1CCS(=O)(=O)C1)C(=O)O. The fraction of sp³-hybridized carbons (Fsp3) is 0.833. The van der Waals surface area contributed by atoms with E-state index < -0.39 is 21.7 Å². The van der Waals surface area contributed by atoms with Gasteiger partial charge in [-0.05, 0) is 18.8 Å². The van der Waals surface area contributed by atoms with Crippen molar-refractivity contribution >= 4 is 21.7 Å². The van der Waals surface area contributed by atoms with Crippen LogP contribution in [0.1, 0.15) is 32.6 Å². The maximum Gasteiger partial charge on any atom is 0.308 e. The molecule has 0 aromatic heterocycles. The third-order valence-electron chi connectivity index (χ3n) is 3.33. The lowest BCUT2D eigenvalue weighted by molar-refractivity contribution is -0.141. The Morgan fingerprint density at radius 1 is 1.42 bits per heavy atom. The van der Waals surface area contributed by atoms with E-state index in [0.717, 1.165) is 6.42 Å². The van der Waals surface area contributed by atoms with Crippen molar-refractivity contribution in [3.63, 3.8) is 0 Å². The van der Waals surface area contributed by atoms with Crippen LogP contribution in [0.15, 0.2) is 0 Å². The summed E-state index contributed by atoms with van der Waals surface area (Å²) in [5, 5.41) is 11.5. The molecule has 0 spiro atoms. The smallest absolute Gasteiger partial charge is 0.308 e. The van der Waals surface area contributed by atoms with Crippen LogP contribution in [0.2, 0.25) is 0 Å². The summed E-state index contributed by atoms with van der Waals surface area (Å²) < 4.78 is 22.5. The lowest BCUT2D eigenvalue weighted by Gasteiger charge is -2.13. The van der Waals surface area contributed by atoms with Gasteiger partial charge < -0.3 is 10.4 Å². The highest BCUT2D eigenvalue weighted by molar-refractivity contribution is 7.91. The van der Waals surface area contributed by atoms with Gasteiger partial charge in [0.05, 0.1) is 17.4 Å². The second-order valence-corrected chi connectivity index (χ2v) is 7.33. The van der Waals surface area contributed by atoms with E-state index in [9.17, 15) is 18.0 Å². The number of carboxylic acid groups (broad SMARTS) is 1. The van der Waals surface area contributed by atoms with Gasteiger partial charge >= 0.3 is 5.97 Å². The zero-order valence-corrected chi connectivity index (χ0v) is 11.9. The zero-order chi connectivity index (χ0) is 14.5. The summed E-state index contributed by atoms with van der Waals surface area (Å²) in [6, 6.07) is 0. The van der Waals surface area contributed by atoms with Crippen LogP contribution in [0.25, 0.3) is 0 Å². The molecule has 1 fully saturated rings. The average Bonchev–Trinajstić information content (AvgIpc) is 2.63. The molecule has 1 rings (SSSR count). The lowest BCUT2D eigenvalue weighted by Crippen LogP contribution is -2.34. The predicted molar refractivity (Wildman–Crippen MR) is 70.4 cm³/mol. The Balaban J connectivity index is 2.33. The Morgan fingerprint density at radius 2 is 2.11 bits per heavy atom. The Labute approximate surface area is 113 Å². The number of rotatable bonds is 7. The number of carbonyl (C=O) groups excluding carboxylic acids is 1. The number of amides is 1. The van der Waals surface area contributed by atoms with Crippen molar-refractivity contribution in [2.45, 2.75) is 32.6 Å². The quantitative estimate of drug-likeness (QED) is 0.708. The summed E-state index contributed by atoms with van der Waals surface area (Å²) in [6.07, 6.45) is 1.95. The van der Waals surface area contributed by atoms with Gasteiger partial charge in [0.1, 0.15) is 0 Å². The largest absolute Gasteiger partial charge is 0.481 e. The van der Waals surface area contributed by atoms with Gasteiger partial charge in [0.15, 0.2) is 9.84 Å². The predicted octanol–water partition coefficient (Wildman–Crippen LogP) is 0.428.